The van der Waals surface area contributed by atoms with Gasteiger partial charge in [-0.05, 0) is 68.9 Å². The molecule has 8 aromatic rings. The number of hydrogen-bond donors (Lipinski definition) is 0. The molecule has 0 N–H and O–H groups in total. The molecule has 1 aromatic heterocycles. The van der Waals surface area contributed by atoms with Crippen LogP contribution < -0.4 is 0 Å². The topological polar surface area (TPSA) is 62.5 Å². The van der Waals surface area contributed by atoms with Crippen LogP contribution in [-0.4, -0.2) is 15.0 Å². The van der Waals surface area contributed by atoms with Crippen molar-refractivity contribution >= 4 is 10.8 Å². The highest BCUT2D eigenvalue weighted by molar-refractivity contribution is 5.97. The second kappa shape index (κ2) is 12.6. The second-order valence-electron chi connectivity index (χ2n) is 11.6. The first-order valence-corrected chi connectivity index (χ1v) is 15.8. The molecule has 0 unspecified atom stereocenters. The third-order valence-electron chi connectivity index (χ3n) is 8.59. The molecule has 4 nitrogen and oxygen atoms in total. The van der Waals surface area contributed by atoms with E-state index in [2.05, 4.69) is 127 Å². The van der Waals surface area contributed by atoms with Gasteiger partial charge in [0.1, 0.15) is 0 Å². The normalized spacial score (nSPS) is 10.9. The Bertz CT molecular complexity index is 2430. The molecule has 0 spiro atoms. The van der Waals surface area contributed by atoms with Crippen molar-refractivity contribution in [2.24, 2.45) is 0 Å². The van der Waals surface area contributed by atoms with E-state index in [9.17, 15) is 5.26 Å². The van der Waals surface area contributed by atoms with Gasteiger partial charge in [0, 0.05) is 22.3 Å². The summed E-state index contributed by atoms with van der Waals surface area (Å²) in [5, 5.41) is 11.8. The molecule has 0 amide bonds. The molecule has 1 heterocycles. The first kappa shape index (κ1) is 28.8. The maximum Gasteiger partial charge on any atom is 0.164 e. The quantitative estimate of drug-likeness (QED) is 0.187. The highest BCUT2D eigenvalue weighted by Crippen LogP contribution is 2.41. The zero-order valence-corrected chi connectivity index (χ0v) is 26.0. The van der Waals surface area contributed by atoms with Crippen molar-refractivity contribution < 1.29 is 0 Å². The molecule has 0 atom stereocenters. The van der Waals surface area contributed by atoms with E-state index in [1.54, 1.807) is 12.1 Å². The molecule has 48 heavy (non-hydrogen) atoms. The van der Waals surface area contributed by atoms with Crippen LogP contribution in [0.5, 0.6) is 0 Å². The first-order valence-electron chi connectivity index (χ1n) is 15.8. The predicted octanol–water partition coefficient (Wildman–Crippen LogP) is 10.9. The molecule has 7 aromatic carbocycles. The monoisotopic (exact) mass is 612 g/mol. The second-order valence-corrected chi connectivity index (χ2v) is 11.6. The minimum Gasteiger partial charge on any atom is -0.208 e. The Morgan fingerprint density at radius 3 is 1.52 bits per heavy atom. The molecule has 0 aliphatic carbocycles. The lowest BCUT2D eigenvalue weighted by molar-refractivity contribution is 1.07. The molecule has 0 saturated heterocycles. The minimum atomic E-state index is 0.543. The van der Waals surface area contributed by atoms with E-state index in [1.165, 1.54) is 5.39 Å². The highest BCUT2D eigenvalue weighted by atomic mass is 15.0. The van der Waals surface area contributed by atoms with E-state index in [4.69, 9.17) is 15.0 Å². The van der Waals surface area contributed by atoms with Gasteiger partial charge >= 0.3 is 0 Å². The van der Waals surface area contributed by atoms with Crippen molar-refractivity contribution in [2.75, 3.05) is 0 Å². The van der Waals surface area contributed by atoms with Crippen LogP contribution in [0.3, 0.4) is 0 Å². The minimum absolute atomic E-state index is 0.543. The van der Waals surface area contributed by atoms with Crippen LogP contribution in [0.2, 0.25) is 0 Å². The lowest BCUT2D eigenvalue weighted by Crippen LogP contribution is -2.02. The van der Waals surface area contributed by atoms with E-state index in [-0.39, 0.29) is 0 Å². The molecule has 4 heteroatoms. The van der Waals surface area contributed by atoms with Crippen LogP contribution in [0, 0.1) is 11.3 Å². The van der Waals surface area contributed by atoms with Crippen LogP contribution in [0.1, 0.15) is 5.56 Å². The molecule has 0 radical (unpaired) electrons. The smallest absolute Gasteiger partial charge is 0.164 e. The fraction of sp³-hybridized carbons (Fsp3) is 0. The molecule has 0 aliphatic heterocycles. The average molecular weight is 613 g/mol. The number of nitrogens with zero attached hydrogens (tertiary/aromatic N) is 4. The predicted molar refractivity (Wildman–Crippen MR) is 195 cm³/mol. The third kappa shape index (κ3) is 5.62. The van der Waals surface area contributed by atoms with Crippen molar-refractivity contribution in [1.29, 1.82) is 5.26 Å². The van der Waals surface area contributed by atoms with Gasteiger partial charge in [0.05, 0.1) is 11.6 Å². The number of rotatable bonds is 6. The van der Waals surface area contributed by atoms with Gasteiger partial charge in [0.2, 0.25) is 0 Å². The lowest BCUT2D eigenvalue weighted by atomic mass is 9.89. The van der Waals surface area contributed by atoms with Gasteiger partial charge in [-0.2, -0.15) is 5.26 Å². The molecule has 0 saturated carbocycles. The maximum atomic E-state index is 9.42. The summed E-state index contributed by atoms with van der Waals surface area (Å²) in [5.74, 6) is 1.70. The van der Waals surface area contributed by atoms with Crippen molar-refractivity contribution in [2.45, 2.75) is 0 Å². The summed E-state index contributed by atoms with van der Waals surface area (Å²) < 4.78 is 0. The molecule has 0 fully saturated rings. The zero-order valence-electron chi connectivity index (χ0n) is 26.0. The van der Waals surface area contributed by atoms with Gasteiger partial charge in [-0.3, -0.25) is 0 Å². The number of hydrogen-bond acceptors (Lipinski definition) is 4. The van der Waals surface area contributed by atoms with E-state index < -0.39 is 0 Å². The average Bonchev–Trinajstić information content (AvgIpc) is 3.18. The number of aromatic nitrogens is 3. The number of nitriles is 1. The first-order chi connectivity index (χ1) is 23.7. The van der Waals surface area contributed by atoms with E-state index in [0.29, 0.717) is 23.0 Å². The molecule has 0 aliphatic rings. The summed E-state index contributed by atoms with van der Waals surface area (Å²) in [7, 11) is 0. The van der Waals surface area contributed by atoms with Gasteiger partial charge in [-0.25, -0.2) is 15.0 Å². The van der Waals surface area contributed by atoms with Crippen LogP contribution in [0.25, 0.3) is 78.3 Å². The van der Waals surface area contributed by atoms with Crippen LogP contribution in [-0.2, 0) is 0 Å². The third-order valence-corrected chi connectivity index (χ3v) is 8.59. The molecule has 8 rings (SSSR count). The summed E-state index contributed by atoms with van der Waals surface area (Å²) in [6.07, 6.45) is 0. The van der Waals surface area contributed by atoms with Gasteiger partial charge in [-0.1, -0.05) is 140 Å². The van der Waals surface area contributed by atoms with E-state index >= 15 is 0 Å². The molecule has 224 valence electrons. The Balaban J connectivity index is 1.35. The molecule has 0 bridgehead atoms. The summed E-state index contributed by atoms with van der Waals surface area (Å²) in [6.45, 7) is 0. The van der Waals surface area contributed by atoms with Gasteiger partial charge < -0.3 is 0 Å². The van der Waals surface area contributed by atoms with Crippen LogP contribution in [0.15, 0.2) is 170 Å². The van der Waals surface area contributed by atoms with E-state index in [0.717, 1.165) is 55.5 Å². The van der Waals surface area contributed by atoms with Gasteiger partial charge in [0.15, 0.2) is 17.5 Å². The van der Waals surface area contributed by atoms with Crippen molar-refractivity contribution in [3.63, 3.8) is 0 Å². The van der Waals surface area contributed by atoms with E-state index in [1.807, 2.05) is 36.4 Å². The maximum absolute atomic E-state index is 9.42. The lowest BCUT2D eigenvalue weighted by Gasteiger charge is -2.17. The Hall–Kier alpha value is -6.70. The van der Waals surface area contributed by atoms with Crippen molar-refractivity contribution in [3.8, 4) is 73.6 Å². The van der Waals surface area contributed by atoms with Crippen LogP contribution in [0.4, 0.5) is 0 Å². The van der Waals surface area contributed by atoms with Gasteiger partial charge in [-0.15, -0.1) is 0 Å². The Morgan fingerprint density at radius 2 is 0.854 bits per heavy atom. The zero-order chi connectivity index (χ0) is 32.3. The standard InChI is InChI=1S/C44H28N4/c45-29-30-18-20-35(21-19-30)42-46-43(36-25-22-33(23-26-36)31-10-3-1-4-11-31)48-44(47-42)40-17-9-16-39(34-13-5-2-6-14-34)41(40)38-27-24-32-12-7-8-15-37(32)28-38/h1-28H. The molecular formula is C44H28N4. The molecular weight excluding hydrogens is 585 g/mol. The Labute approximate surface area is 279 Å². The SMILES string of the molecule is N#Cc1ccc(-c2nc(-c3ccc(-c4ccccc4)cc3)nc(-c3cccc(-c4ccccc4)c3-c3ccc4ccccc4c3)n2)cc1. The fourth-order valence-electron chi connectivity index (χ4n) is 6.14. The van der Waals surface area contributed by atoms with Crippen LogP contribution >= 0.6 is 0 Å². The van der Waals surface area contributed by atoms with Crippen molar-refractivity contribution in [3.05, 3.63) is 175 Å². The largest absolute Gasteiger partial charge is 0.208 e. The Morgan fingerprint density at radius 1 is 0.354 bits per heavy atom. The number of fused-ring (bicyclic) bond motifs is 1. The summed E-state index contributed by atoms with van der Waals surface area (Å²) in [4.78, 5) is 15.2. The summed E-state index contributed by atoms with van der Waals surface area (Å²) >= 11 is 0. The number of benzene rings is 7. The summed E-state index contributed by atoms with van der Waals surface area (Å²) in [6, 6.07) is 60.0. The fourth-order valence-corrected chi connectivity index (χ4v) is 6.14. The Kier molecular flexibility index (Phi) is 7.54. The van der Waals surface area contributed by atoms with Crippen molar-refractivity contribution in [1.82, 2.24) is 15.0 Å². The van der Waals surface area contributed by atoms with Gasteiger partial charge in [0.25, 0.3) is 0 Å². The highest BCUT2D eigenvalue weighted by Gasteiger charge is 2.19. The summed E-state index contributed by atoms with van der Waals surface area (Å²) in [5.41, 5.74) is 9.80.